The number of methoxy groups -OCH3 is 1. The summed E-state index contributed by atoms with van der Waals surface area (Å²) >= 11 is 0. The van der Waals surface area contributed by atoms with Crippen molar-refractivity contribution < 1.29 is 58.5 Å². The minimum Gasteiger partial charge on any atom is -0.848 e. The molecular weight excluding hydrogens is 459 g/mol. The molecule has 1 aliphatic heterocycles. The van der Waals surface area contributed by atoms with Crippen LogP contribution in [-0.2, 0) is 23.9 Å². The van der Waals surface area contributed by atoms with Gasteiger partial charge in [0.25, 0.3) is 5.91 Å². The monoisotopic (exact) mass is 488 g/mol. The second kappa shape index (κ2) is 10.4. The zero-order valence-corrected chi connectivity index (χ0v) is 22.6. The van der Waals surface area contributed by atoms with E-state index in [1.54, 1.807) is 62.7 Å². The van der Waals surface area contributed by atoms with Crippen LogP contribution in [0.3, 0.4) is 0 Å². The molecule has 3 aliphatic rings. The third-order valence-electron chi connectivity index (χ3n) is 7.61. The van der Waals surface area contributed by atoms with E-state index in [1.165, 1.54) is 7.11 Å². The molecule has 0 spiro atoms. The summed E-state index contributed by atoms with van der Waals surface area (Å²) in [6.07, 6.45) is 11.5. The summed E-state index contributed by atoms with van der Waals surface area (Å²) < 4.78 is 10.7. The van der Waals surface area contributed by atoms with Crippen molar-refractivity contribution in [1.29, 1.82) is 0 Å². The molecule has 2 aliphatic carbocycles. The molecule has 2 bridgehead atoms. The van der Waals surface area contributed by atoms with Gasteiger partial charge in [-0.3, -0.25) is 14.6 Å². The molecule has 9 heteroatoms. The number of allylic oxidation sites excluding steroid dienone is 3. The fourth-order valence-corrected chi connectivity index (χ4v) is 5.64. The van der Waals surface area contributed by atoms with Crippen LogP contribution in [0, 0.1) is 11.3 Å². The summed E-state index contributed by atoms with van der Waals surface area (Å²) in [7, 11) is 1.31. The van der Waals surface area contributed by atoms with Crippen molar-refractivity contribution >= 4 is 23.5 Å². The van der Waals surface area contributed by atoms with Gasteiger partial charge in [0, 0.05) is 29.2 Å². The average Bonchev–Trinajstić information content (AvgIpc) is 2.94. The largest absolute Gasteiger partial charge is 1.00 e. The van der Waals surface area contributed by atoms with Crippen LogP contribution in [0.4, 0.5) is 5.69 Å². The first kappa shape index (κ1) is 27.3. The molecule has 1 amide bonds. The number of pyridine rings is 1. The molecule has 180 valence electrons. The number of esters is 2. The number of carbonyl (C=O) groups is 3. The van der Waals surface area contributed by atoms with Crippen molar-refractivity contribution in [2.45, 2.75) is 57.2 Å². The Balaban J connectivity index is 0.00000342. The van der Waals surface area contributed by atoms with Crippen molar-refractivity contribution in [1.82, 2.24) is 4.98 Å². The number of cyclic esters (lactones) is 1. The standard InChI is InChI=1S/C26H29N2O6.Na/c1-17(21(29)28-19-9-15-27-16-10-19)5-4-11-24(2)20-8-13-25(23(31)34-24)12-6-18(22(30)33-3)7-14-26(20,25)32;/h4-6,9-11,15-16,20H,7-8,12-14H2,1-3H3,(H,27,28,29);/q-1;+1/b11-4+,17-5+;/t20-,24+,25+,26-;/m0./s1. The zero-order valence-electron chi connectivity index (χ0n) is 20.6. The van der Waals surface area contributed by atoms with Crippen molar-refractivity contribution in [2.75, 3.05) is 12.4 Å². The maximum atomic E-state index is 14.3. The van der Waals surface area contributed by atoms with E-state index in [-0.39, 0.29) is 54.7 Å². The Morgan fingerprint density at radius 2 is 2.00 bits per heavy atom. The number of nitrogens with zero attached hydrogens (tertiary/aromatic N) is 1. The van der Waals surface area contributed by atoms with Crippen LogP contribution in [0.5, 0.6) is 0 Å². The molecule has 2 fully saturated rings. The number of rotatable bonds is 5. The van der Waals surface area contributed by atoms with E-state index < -0.39 is 34.5 Å². The number of hydrogen-bond donors (Lipinski definition) is 1. The third kappa shape index (κ3) is 4.77. The Morgan fingerprint density at radius 1 is 1.29 bits per heavy atom. The number of ether oxygens (including phenoxy) is 2. The Kier molecular flexibility index (Phi) is 8.11. The molecular formula is C26H29N2NaO6. The molecule has 4 rings (SSSR count). The maximum Gasteiger partial charge on any atom is 1.00 e. The van der Waals surface area contributed by atoms with E-state index in [1.807, 2.05) is 0 Å². The van der Waals surface area contributed by atoms with Gasteiger partial charge < -0.3 is 19.9 Å². The fraction of sp³-hybridized carbons (Fsp3) is 0.462. The smallest absolute Gasteiger partial charge is 0.848 e. The summed E-state index contributed by atoms with van der Waals surface area (Å²) in [6.45, 7) is 3.43. The SMILES string of the molecule is COC(=O)C1=CC[C@@]23CC[C@@H]([C@@](C)(/C=C/C=C(\C)C(=O)Nc4ccncc4)OC2=O)[C@@]3([O-])CC1.[Na+]. The van der Waals surface area contributed by atoms with Crippen LogP contribution in [0.2, 0.25) is 0 Å². The first-order chi connectivity index (χ1) is 16.1. The van der Waals surface area contributed by atoms with Gasteiger partial charge in [0.1, 0.15) is 5.60 Å². The van der Waals surface area contributed by atoms with E-state index >= 15 is 0 Å². The van der Waals surface area contributed by atoms with Crippen LogP contribution in [-0.4, -0.2) is 41.1 Å². The van der Waals surface area contributed by atoms with E-state index in [0.29, 0.717) is 29.7 Å². The number of anilines is 1. The average molecular weight is 489 g/mol. The normalized spacial score (nSPS) is 32.0. The summed E-state index contributed by atoms with van der Waals surface area (Å²) in [5.41, 5.74) is -2.29. The minimum absolute atomic E-state index is 0. The Hall–Kier alpha value is -2.26. The number of hydrogen-bond acceptors (Lipinski definition) is 7. The van der Waals surface area contributed by atoms with Gasteiger partial charge in [0.15, 0.2) is 0 Å². The predicted molar refractivity (Wildman–Crippen MR) is 122 cm³/mol. The van der Waals surface area contributed by atoms with Crippen LogP contribution < -0.4 is 40.0 Å². The molecule has 1 aromatic heterocycles. The predicted octanol–water partition coefficient (Wildman–Crippen LogP) is -0.379. The zero-order chi connectivity index (χ0) is 24.6. The van der Waals surface area contributed by atoms with Gasteiger partial charge in [0.05, 0.1) is 12.5 Å². The first-order valence-corrected chi connectivity index (χ1v) is 11.4. The Labute approximate surface area is 227 Å². The van der Waals surface area contributed by atoms with Crippen LogP contribution in [0.1, 0.15) is 46.0 Å². The van der Waals surface area contributed by atoms with Gasteiger partial charge >= 0.3 is 41.5 Å². The molecule has 2 heterocycles. The molecule has 35 heavy (non-hydrogen) atoms. The maximum absolute atomic E-state index is 14.3. The first-order valence-electron chi connectivity index (χ1n) is 11.4. The van der Waals surface area contributed by atoms with E-state index in [4.69, 9.17) is 9.47 Å². The minimum atomic E-state index is -1.55. The van der Waals surface area contributed by atoms with Crippen molar-refractivity contribution in [2.24, 2.45) is 11.3 Å². The van der Waals surface area contributed by atoms with Gasteiger partial charge in [-0.2, -0.15) is 0 Å². The summed E-state index contributed by atoms with van der Waals surface area (Å²) in [5, 5.41) is 17.1. The number of aromatic nitrogens is 1. The summed E-state index contributed by atoms with van der Waals surface area (Å²) in [6, 6.07) is 3.38. The van der Waals surface area contributed by atoms with Gasteiger partial charge in [0.2, 0.25) is 0 Å². The second-order valence-electron chi connectivity index (χ2n) is 9.46. The van der Waals surface area contributed by atoms with Crippen molar-refractivity contribution in [3.8, 4) is 0 Å². The van der Waals surface area contributed by atoms with Gasteiger partial charge in [-0.05, 0) is 63.7 Å². The molecule has 1 saturated carbocycles. The third-order valence-corrected chi connectivity index (χ3v) is 7.61. The molecule has 4 atom stereocenters. The summed E-state index contributed by atoms with van der Waals surface area (Å²) in [4.78, 5) is 41.7. The molecule has 0 radical (unpaired) electrons. The van der Waals surface area contributed by atoms with Crippen molar-refractivity contribution in [3.63, 3.8) is 0 Å². The van der Waals surface area contributed by atoms with Crippen molar-refractivity contribution in [3.05, 3.63) is 60.0 Å². The quantitative estimate of drug-likeness (QED) is 0.260. The molecule has 1 saturated heterocycles. The number of nitrogens with one attached hydrogen (secondary N) is 1. The summed E-state index contributed by atoms with van der Waals surface area (Å²) in [5.74, 6) is -1.69. The van der Waals surface area contributed by atoms with E-state index in [0.717, 1.165) is 0 Å². The van der Waals surface area contributed by atoms with Crippen LogP contribution >= 0.6 is 0 Å². The number of carbonyl (C=O) groups excluding carboxylic acids is 3. The van der Waals surface area contributed by atoms with Gasteiger partial charge in [-0.25, -0.2) is 4.79 Å². The Bertz CT molecular complexity index is 1100. The van der Waals surface area contributed by atoms with Crippen LogP contribution in [0.25, 0.3) is 0 Å². The fourth-order valence-electron chi connectivity index (χ4n) is 5.64. The van der Waals surface area contributed by atoms with E-state index in [2.05, 4.69) is 10.3 Å². The second-order valence-corrected chi connectivity index (χ2v) is 9.46. The van der Waals surface area contributed by atoms with Gasteiger partial charge in [-0.1, -0.05) is 30.2 Å². The molecule has 8 nitrogen and oxygen atoms in total. The molecule has 1 N–H and O–H groups in total. The number of amides is 1. The Morgan fingerprint density at radius 3 is 2.69 bits per heavy atom. The van der Waals surface area contributed by atoms with E-state index in [9.17, 15) is 19.5 Å². The molecule has 0 unspecified atom stereocenters. The molecule has 0 aromatic carbocycles. The van der Waals surface area contributed by atoms with Crippen LogP contribution in [0.15, 0.2) is 60.0 Å². The molecule has 1 aromatic rings. The van der Waals surface area contributed by atoms with Gasteiger partial charge in [-0.15, -0.1) is 0 Å². The topological polar surface area (TPSA) is 118 Å².